The molecule has 0 fully saturated rings. The topological polar surface area (TPSA) is 38.0 Å². The molecule has 0 saturated heterocycles. The van der Waals surface area contributed by atoms with Gasteiger partial charge in [-0.1, -0.05) is 68.4 Å². The molecule has 0 spiro atoms. The second-order valence-corrected chi connectivity index (χ2v) is 9.61. The molecule has 0 amide bonds. The monoisotopic (exact) mass is 406 g/mol. The van der Waals surface area contributed by atoms with E-state index in [1.54, 1.807) is 0 Å². The predicted molar refractivity (Wildman–Crippen MR) is 131 cm³/mol. The summed E-state index contributed by atoms with van der Waals surface area (Å²) < 4.78 is 2.57. The molecule has 5 aromatic rings. The molecule has 1 aromatic heterocycles. The van der Waals surface area contributed by atoms with E-state index in [2.05, 4.69) is 98.0 Å². The van der Waals surface area contributed by atoms with Crippen LogP contribution in [0, 0.1) is 0 Å². The van der Waals surface area contributed by atoms with Crippen LogP contribution in [-0.4, -0.2) is 0 Å². The molecule has 1 aliphatic carbocycles. The SMILES string of the molecule is CC1(C)c2ccccc2-c2cc(Nc3cccc4c3sc3ccccc34)c(N)cc21. The number of hydrogen-bond donors (Lipinski definition) is 2. The number of nitrogens with one attached hydrogen (secondary N) is 1. The van der Waals surface area contributed by atoms with Gasteiger partial charge in [-0.05, 0) is 46.5 Å². The molecule has 3 N–H and O–H groups in total. The van der Waals surface area contributed by atoms with Gasteiger partial charge in [0.15, 0.2) is 0 Å². The van der Waals surface area contributed by atoms with Crippen LogP contribution in [0.5, 0.6) is 0 Å². The summed E-state index contributed by atoms with van der Waals surface area (Å²) in [6, 6.07) is 28.1. The van der Waals surface area contributed by atoms with Gasteiger partial charge in [-0.2, -0.15) is 0 Å². The van der Waals surface area contributed by atoms with Crippen molar-refractivity contribution >= 4 is 48.6 Å². The van der Waals surface area contributed by atoms with E-state index in [0.29, 0.717) is 0 Å². The van der Waals surface area contributed by atoms with Gasteiger partial charge in [0.25, 0.3) is 0 Å². The summed E-state index contributed by atoms with van der Waals surface area (Å²) in [4.78, 5) is 0. The molecule has 6 rings (SSSR count). The van der Waals surface area contributed by atoms with Crippen molar-refractivity contribution in [2.24, 2.45) is 0 Å². The molecule has 2 nitrogen and oxygen atoms in total. The molecule has 0 radical (unpaired) electrons. The number of fused-ring (bicyclic) bond motifs is 6. The van der Waals surface area contributed by atoms with Crippen LogP contribution in [0.4, 0.5) is 17.1 Å². The number of hydrogen-bond acceptors (Lipinski definition) is 3. The molecule has 0 unspecified atom stereocenters. The Kier molecular flexibility index (Phi) is 3.57. The Balaban J connectivity index is 1.51. The lowest BCUT2D eigenvalue weighted by atomic mass is 9.82. The first kappa shape index (κ1) is 17.5. The lowest BCUT2D eigenvalue weighted by molar-refractivity contribution is 0.661. The molecule has 1 heterocycles. The highest BCUT2D eigenvalue weighted by Gasteiger charge is 2.35. The van der Waals surface area contributed by atoms with E-state index in [0.717, 1.165) is 17.1 Å². The minimum Gasteiger partial charge on any atom is -0.397 e. The number of anilines is 3. The third-order valence-electron chi connectivity index (χ3n) is 6.43. The minimum atomic E-state index is -0.0376. The van der Waals surface area contributed by atoms with Gasteiger partial charge >= 0.3 is 0 Å². The molecule has 3 heteroatoms. The smallest absolute Gasteiger partial charge is 0.0624 e. The van der Waals surface area contributed by atoms with Crippen molar-refractivity contribution in [1.29, 1.82) is 0 Å². The Hall–Kier alpha value is -3.30. The third-order valence-corrected chi connectivity index (χ3v) is 7.65. The predicted octanol–water partition coefficient (Wildman–Crippen LogP) is 7.69. The molecule has 0 bridgehead atoms. The van der Waals surface area contributed by atoms with Crippen molar-refractivity contribution in [3.05, 3.63) is 90.0 Å². The molecule has 0 aliphatic heterocycles. The molecule has 146 valence electrons. The molecule has 0 atom stereocenters. The highest BCUT2D eigenvalue weighted by molar-refractivity contribution is 7.26. The Morgan fingerprint density at radius 2 is 1.50 bits per heavy atom. The maximum atomic E-state index is 6.56. The van der Waals surface area contributed by atoms with Gasteiger partial charge in [0.2, 0.25) is 0 Å². The van der Waals surface area contributed by atoms with E-state index in [-0.39, 0.29) is 5.41 Å². The summed E-state index contributed by atoms with van der Waals surface area (Å²) in [6.45, 7) is 4.56. The largest absolute Gasteiger partial charge is 0.397 e. The normalized spacial score (nSPS) is 14.1. The van der Waals surface area contributed by atoms with Gasteiger partial charge in [0, 0.05) is 20.9 Å². The Morgan fingerprint density at radius 1 is 0.733 bits per heavy atom. The summed E-state index contributed by atoms with van der Waals surface area (Å²) in [7, 11) is 0. The Labute approximate surface area is 180 Å². The zero-order valence-electron chi connectivity index (χ0n) is 17.0. The maximum Gasteiger partial charge on any atom is 0.0624 e. The summed E-state index contributed by atoms with van der Waals surface area (Å²) in [5, 5.41) is 6.24. The van der Waals surface area contributed by atoms with Gasteiger partial charge in [0.1, 0.15) is 0 Å². The van der Waals surface area contributed by atoms with Crippen molar-refractivity contribution < 1.29 is 0 Å². The molecule has 30 heavy (non-hydrogen) atoms. The van der Waals surface area contributed by atoms with Crippen LogP contribution in [0.3, 0.4) is 0 Å². The standard InChI is InChI=1S/C27H22N2S/c1-27(2)20-11-5-3-8-16(20)19-14-24(22(28)15-21(19)27)29-23-12-7-10-18-17-9-4-6-13-25(17)30-26(18)23/h3-15,29H,28H2,1-2H3. The van der Waals surface area contributed by atoms with Crippen LogP contribution in [0.15, 0.2) is 78.9 Å². The lowest BCUT2D eigenvalue weighted by Crippen LogP contribution is -2.15. The van der Waals surface area contributed by atoms with E-state index in [9.17, 15) is 0 Å². The molecular formula is C27H22N2S. The fraction of sp³-hybridized carbons (Fsp3) is 0.111. The van der Waals surface area contributed by atoms with Crippen LogP contribution in [0.25, 0.3) is 31.3 Å². The molecule has 4 aromatic carbocycles. The van der Waals surface area contributed by atoms with Gasteiger partial charge in [-0.25, -0.2) is 0 Å². The van der Waals surface area contributed by atoms with Crippen molar-refractivity contribution in [2.45, 2.75) is 19.3 Å². The van der Waals surface area contributed by atoms with Crippen molar-refractivity contribution in [3.8, 4) is 11.1 Å². The summed E-state index contributed by atoms with van der Waals surface area (Å²) in [5.41, 5.74) is 14.6. The first-order chi connectivity index (χ1) is 14.5. The quantitative estimate of drug-likeness (QED) is 0.295. The Bertz CT molecular complexity index is 1460. The van der Waals surface area contributed by atoms with Gasteiger partial charge < -0.3 is 11.1 Å². The average Bonchev–Trinajstić information content (AvgIpc) is 3.23. The van der Waals surface area contributed by atoms with Crippen LogP contribution in [0.1, 0.15) is 25.0 Å². The number of nitrogen functional groups attached to an aromatic ring is 1. The van der Waals surface area contributed by atoms with E-state index in [1.165, 1.54) is 42.4 Å². The van der Waals surface area contributed by atoms with Crippen molar-refractivity contribution in [2.75, 3.05) is 11.1 Å². The number of rotatable bonds is 2. The summed E-state index contributed by atoms with van der Waals surface area (Å²) in [6.07, 6.45) is 0. The van der Waals surface area contributed by atoms with Crippen LogP contribution >= 0.6 is 11.3 Å². The van der Waals surface area contributed by atoms with Crippen LogP contribution < -0.4 is 11.1 Å². The van der Waals surface area contributed by atoms with Crippen LogP contribution in [-0.2, 0) is 5.41 Å². The van der Waals surface area contributed by atoms with Crippen molar-refractivity contribution in [1.82, 2.24) is 0 Å². The molecule has 1 aliphatic rings. The van der Waals surface area contributed by atoms with Gasteiger partial charge in [-0.3, -0.25) is 0 Å². The van der Waals surface area contributed by atoms with Gasteiger partial charge in [-0.15, -0.1) is 11.3 Å². The minimum absolute atomic E-state index is 0.0376. The third kappa shape index (κ3) is 2.36. The molecule has 0 saturated carbocycles. The number of thiophene rings is 1. The second kappa shape index (κ2) is 6.10. The first-order valence-electron chi connectivity index (χ1n) is 10.3. The summed E-state index contributed by atoms with van der Waals surface area (Å²) in [5.74, 6) is 0. The highest BCUT2D eigenvalue weighted by atomic mass is 32.1. The first-order valence-corrected chi connectivity index (χ1v) is 11.1. The van der Waals surface area contributed by atoms with Crippen molar-refractivity contribution in [3.63, 3.8) is 0 Å². The zero-order chi connectivity index (χ0) is 20.5. The van der Waals surface area contributed by atoms with Gasteiger partial charge in [0.05, 0.1) is 21.8 Å². The fourth-order valence-corrected chi connectivity index (χ4v) is 6.03. The van der Waals surface area contributed by atoms with E-state index in [4.69, 9.17) is 5.73 Å². The van der Waals surface area contributed by atoms with Crippen LogP contribution in [0.2, 0.25) is 0 Å². The zero-order valence-corrected chi connectivity index (χ0v) is 17.8. The summed E-state index contributed by atoms with van der Waals surface area (Å²) >= 11 is 1.82. The second-order valence-electron chi connectivity index (χ2n) is 8.56. The van der Waals surface area contributed by atoms with E-state index in [1.807, 2.05) is 11.3 Å². The fourth-order valence-electron chi connectivity index (χ4n) is 4.86. The Morgan fingerprint density at radius 3 is 2.40 bits per heavy atom. The number of nitrogens with two attached hydrogens (primary N) is 1. The number of benzene rings is 4. The van der Waals surface area contributed by atoms with E-state index >= 15 is 0 Å². The molecular weight excluding hydrogens is 384 g/mol. The average molecular weight is 407 g/mol. The lowest BCUT2D eigenvalue weighted by Gasteiger charge is -2.22. The maximum absolute atomic E-state index is 6.56. The highest BCUT2D eigenvalue weighted by Crippen LogP contribution is 2.51. The van der Waals surface area contributed by atoms with E-state index < -0.39 is 0 Å².